The molecule has 2 aromatic carbocycles. The Morgan fingerprint density at radius 3 is 1.81 bits per heavy atom. The zero-order chi connectivity index (χ0) is 15.5. The van der Waals surface area contributed by atoms with Gasteiger partial charge in [0.1, 0.15) is 0 Å². The predicted octanol–water partition coefficient (Wildman–Crippen LogP) is 4.12. The first-order valence-corrected chi connectivity index (χ1v) is 12.4. The van der Waals surface area contributed by atoms with Crippen molar-refractivity contribution in [3.05, 3.63) is 66.2 Å². The van der Waals surface area contributed by atoms with Crippen LogP contribution in [0, 0.1) is 0 Å². The van der Waals surface area contributed by atoms with Gasteiger partial charge in [0.25, 0.3) is 0 Å². The Morgan fingerprint density at radius 2 is 1.33 bits per heavy atom. The van der Waals surface area contributed by atoms with Crippen LogP contribution in [0.4, 0.5) is 0 Å². The molecule has 0 amide bonds. The second-order valence-electron chi connectivity index (χ2n) is 6.42. The van der Waals surface area contributed by atoms with Gasteiger partial charge >= 0.3 is 0 Å². The summed E-state index contributed by atoms with van der Waals surface area (Å²) in [6.45, 7) is 6.68. The molecule has 0 N–H and O–H groups in total. The maximum atomic E-state index is 12.7. The molecule has 0 saturated carbocycles. The van der Waals surface area contributed by atoms with Crippen LogP contribution in [-0.4, -0.2) is 22.2 Å². The normalized spacial score (nSPS) is 13.9. The number of benzene rings is 2. The van der Waals surface area contributed by atoms with E-state index in [2.05, 4.69) is 19.6 Å². The first-order chi connectivity index (χ1) is 9.81. The summed E-state index contributed by atoms with van der Waals surface area (Å²) in [6, 6.07) is 18.8. The third-order valence-corrected chi connectivity index (χ3v) is 8.42. The van der Waals surface area contributed by atoms with E-state index in [-0.39, 0.29) is 11.3 Å². The molecular formula is C17H22O2SSi. The van der Waals surface area contributed by atoms with Crippen molar-refractivity contribution in [2.75, 3.05) is 5.75 Å². The Hall–Kier alpha value is -1.39. The molecule has 2 rings (SSSR count). The first-order valence-electron chi connectivity index (χ1n) is 7.13. The van der Waals surface area contributed by atoms with E-state index < -0.39 is 17.9 Å². The summed E-state index contributed by atoms with van der Waals surface area (Å²) in [5.41, 5.74) is 1.24. The molecule has 0 bridgehead atoms. The van der Waals surface area contributed by atoms with Crippen molar-refractivity contribution in [1.29, 1.82) is 0 Å². The van der Waals surface area contributed by atoms with E-state index in [0.29, 0.717) is 4.90 Å². The molecule has 112 valence electrons. The van der Waals surface area contributed by atoms with Gasteiger partial charge in [0.2, 0.25) is 0 Å². The van der Waals surface area contributed by atoms with Gasteiger partial charge < -0.3 is 0 Å². The molecule has 0 aliphatic rings. The van der Waals surface area contributed by atoms with Gasteiger partial charge in [-0.3, -0.25) is 0 Å². The van der Waals surface area contributed by atoms with Crippen molar-refractivity contribution in [2.45, 2.75) is 30.1 Å². The molecule has 0 heterocycles. The Balaban J connectivity index is 2.37. The SMILES string of the molecule is C[Si](C)(C)C(CS(=O)(=O)c1ccccc1)c1ccccc1. The maximum Gasteiger partial charge on any atom is 0.178 e. The zero-order valence-corrected chi connectivity index (χ0v) is 14.6. The van der Waals surface area contributed by atoms with Crippen LogP contribution in [0.25, 0.3) is 0 Å². The molecule has 0 aliphatic heterocycles. The second kappa shape index (κ2) is 6.16. The minimum absolute atomic E-state index is 0.101. The van der Waals surface area contributed by atoms with E-state index in [4.69, 9.17) is 0 Å². The second-order valence-corrected chi connectivity index (χ2v) is 13.9. The van der Waals surface area contributed by atoms with Gasteiger partial charge in [-0.2, -0.15) is 0 Å². The third-order valence-electron chi connectivity index (χ3n) is 3.74. The van der Waals surface area contributed by atoms with Crippen LogP contribution in [0.2, 0.25) is 19.6 Å². The van der Waals surface area contributed by atoms with Crippen LogP contribution in [0.1, 0.15) is 11.1 Å². The fraction of sp³-hybridized carbons (Fsp3) is 0.294. The molecule has 0 radical (unpaired) electrons. The standard InChI is InChI=1S/C17H22O2SSi/c1-21(2,3)17(15-10-6-4-7-11-15)14-20(18,19)16-12-8-5-9-13-16/h4-13,17H,14H2,1-3H3. The van der Waals surface area contributed by atoms with Gasteiger partial charge in [-0.15, -0.1) is 0 Å². The fourth-order valence-corrected chi connectivity index (χ4v) is 7.72. The Labute approximate surface area is 128 Å². The number of sulfone groups is 1. The molecule has 1 atom stereocenters. The number of hydrogen-bond donors (Lipinski definition) is 0. The highest BCUT2D eigenvalue weighted by atomic mass is 32.2. The summed E-state index contributed by atoms with van der Waals surface area (Å²) < 4.78 is 25.4. The van der Waals surface area contributed by atoms with Gasteiger partial charge in [0.15, 0.2) is 9.84 Å². The zero-order valence-electron chi connectivity index (χ0n) is 12.8. The van der Waals surface area contributed by atoms with Crippen LogP contribution < -0.4 is 0 Å². The van der Waals surface area contributed by atoms with E-state index in [1.807, 2.05) is 36.4 Å². The molecule has 2 nitrogen and oxygen atoms in total. The molecule has 0 fully saturated rings. The molecule has 1 unspecified atom stereocenters. The van der Waals surface area contributed by atoms with Crippen molar-refractivity contribution in [3.63, 3.8) is 0 Å². The Kier molecular flexibility index (Phi) is 4.69. The highest BCUT2D eigenvalue weighted by molar-refractivity contribution is 7.91. The largest absolute Gasteiger partial charge is 0.224 e. The van der Waals surface area contributed by atoms with E-state index in [0.717, 1.165) is 5.56 Å². The molecule has 2 aromatic rings. The number of hydrogen-bond acceptors (Lipinski definition) is 2. The van der Waals surface area contributed by atoms with E-state index >= 15 is 0 Å². The number of rotatable bonds is 5. The average molecular weight is 319 g/mol. The predicted molar refractivity (Wildman–Crippen MR) is 91.0 cm³/mol. The Bertz CT molecular complexity index is 674. The minimum atomic E-state index is -3.26. The van der Waals surface area contributed by atoms with Crippen molar-refractivity contribution in [1.82, 2.24) is 0 Å². The van der Waals surface area contributed by atoms with Crippen molar-refractivity contribution < 1.29 is 8.42 Å². The van der Waals surface area contributed by atoms with Gasteiger partial charge in [-0.25, -0.2) is 8.42 Å². The topological polar surface area (TPSA) is 34.1 Å². The van der Waals surface area contributed by atoms with E-state index in [1.165, 1.54) is 0 Å². The van der Waals surface area contributed by atoms with Crippen molar-refractivity contribution in [2.24, 2.45) is 0 Å². The molecular weight excluding hydrogens is 296 g/mol. The summed E-state index contributed by atoms with van der Waals surface area (Å²) in [5, 5.41) is 0. The fourth-order valence-electron chi connectivity index (χ4n) is 2.48. The molecule has 0 saturated heterocycles. The van der Waals surface area contributed by atoms with Crippen LogP contribution in [0.3, 0.4) is 0 Å². The molecule has 0 aromatic heterocycles. The van der Waals surface area contributed by atoms with Gasteiger partial charge in [-0.05, 0) is 23.2 Å². The van der Waals surface area contributed by atoms with Crippen LogP contribution in [-0.2, 0) is 9.84 Å². The Morgan fingerprint density at radius 1 is 0.857 bits per heavy atom. The van der Waals surface area contributed by atoms with Crippen molar-refractivity contribution >= 4 is 17.9 Å². The monoisotopic (exact) mass is 318 g/mol. The minimum Gasteiger partial charge on any atom is -0.224 e. The summed E-state index contributed by atoms with van der Waals surface area (Å²) in [5.74, 6) is 0.191. The average Bonchev–Trinajstić information content (AvgIpc) is 2.46. The lowest BCUT2D eigenvalue weighted by atomic mass is 10.2. The lowest BCUT2D eigenvalue weighted by Crippen LogP contribution is -2.36. The van der Waals surface area contributed by atoms with Crippen LogP contribution >= 0.6 is 0 Å². The smallest absolute Gasteiger partial charge is 0.178 e. The first kappa shape index (κ1) is 16.0. The van der Waals surface area contributed by atoms with Gasteiger partial charge in [0, 0.05) is 0 Å². The molecule has 4 heteroatoms. The summed E-state index contributed by atoms with van der Waals surface area (Å²) in [6.07, 6.45) is 0. The van der Waals surface area contributed by atoms with Gasteiger partial charge in [-0.1, -0.05) is 68.2 Å². The highest BCUT2D eigenvalue weighted by Gasteiger charge is 2.32. The molecule has 0 aliphatic carbocycles. The summed E-state index contributed by atoms with van der Waals surface area (Å²) >= 11 is 0. The van der Waals surface area contributed by atoms with Crippen LogP contribution in [0.5, 0.6) is 0 Å². The third kappa shape index (κ3) is 4.05. The lowest BCUT2D eigenvalue weighted by Gasteiger charge is -2.29. The van der Waals surface area contributed by atoms with Crippen molar-refractivity contribution in [3.8, 4) is 0 Å². The summed E-state index contributed by atoms with van der Waals surface area (Å²) in [4.78, 5) is 0.421. The van der Waals surface area contributed by atoms with E-state index in [1.54, 1.807) is 24.3 Å². The maximum absolute atomic E-state index is 12.7. The van der Waals surface area contributed by atoms with Crippen LogP contribution in [0.15, 0.2) is 65.6 Å². The molecule has 0 spiro atoms. The van der Waals surface area contributed by atoms with Gasteiger partial charge in [0.05, 0.1) is 18.7 Å². The lowest BCUT2D eigenvalue weighted by molar-refractivity contribution is 0.594. The summed E-state index contributed by atoms with van der Waals surface area (Å²) in [7, 11) is -4.91. The highest BCUT2D eigenvalue weighted by Crippen LogP contribution is 2.30. The van der Waals surface area contributed by atoms with E-state index in [9.17, 15) is 8.42 Å². The quantitative estimate of drug-likeness (QED) is 0.777. The molecule has 21 heavy (non-hydrogen) atoms.